The maximum absolute atomic E-state index is 12.5. The van der Waals surface area contributed by atoms with Gasteiger partial charge < -0.3 is 5.32 Å². The molecule has 0 aromatic carbocycles. The fourth-order valence-corrected chi connectivity index (χ4v) is 4.28. The van der Waals surface area contributed by atoms with Crippen molar-refractivity contribution in [1.29, 1.82) is 0 Å². The lowest BCUT2D eigenvalue weighted by molar-refractivity contribution is -0.140. The Bertz CT molecular complexity index is 914. The first-order valence-electron chi connectivity index (χ1n) is 10.1. The Labute approximate surface area is 169 Å². The van der Waals surface area contributed by atoms with E-state index in [0.717, 1.165) is 42.9 Å². The van der Waals surface area contributed by atoms with Crippen LogP contribution in [0.5, 0.6) is 0 Å². The van der Waals surface area contributed by atoms with Crippen LogP contribution >= 0.6 is 0 Å². The molecule has 1 saturated heterocycles. The van der Waals surface area contributed by atoms with Gasteiger partial charge in [0, 0.05) is 38.1 Å². The van der Waals surface area contributed by atoms with Gasteiger partial charge in [0.05, 0.1) is 11.8 Å². The summed E-state index contributed by atoms with van der Waals surface area (Å²) in [5.41, 5.74) is 0.913. The molecule has 4 rings (SSSR count). The van der Waals surface area contributed by atoms with Crippen LogP contribution in [0.15, 0.2) is 30.7 Å². The number of nitrogens with one attached hydrogen (secondary N) is 1. The molecule has 152 valence electrons. The van der Waals surface area contributed by atoms with Crippen molar-refractivity contribution < 1.29 is 14.4 Å². The van der Waals surface area contributed by atoms with Gasteiger partial charge in [-0.2, -0.15) is 0 Å². The van der Waals surface area contributed by atoms with Crippen molar-refractivity contribution >= 4 is 17.7 Å². The molecular weight excluding hydrogens is 370 g/mol. The van der Waals surface area contributed by atoms with E-state index in [0.29, 0.717) is 6.54 Å². The predicted molar refractivity (Wildman–Crippen MR) is 105 cm³/mol. The molecule has 2 aromatic heterocycles. The second-order valence-corrected chi connectivity index (χ2v) is 7.72. The third-order valence-electron chi connectivity index (χ3n) is 5.87. The number of carbonyl (C=O) groups is 3. The van der Waals surface area contributed by atoms with Crippen molar-refractivity contribution in [2.75, 3.05) is 6.54 Å². The Morgan fingerprint density at radius 2 is 1.86 bits per heavy atom. The molecule has 0 unspecified atom stereocenters. The molecule has 3 heterocycles. The van der Waals surface area contributed by atoms with Gasteiger partial charge in [0.2, 0.25) is 17.7 Å². The third kappa shape index (κ3) is 3.92. The molecule has 8 nitrogen and oxygen atoms in total. The van der Waals surface area contributed by atoms with Gasteiger partial charge >= 0.3 is 0 Å². The van der Waals surface area contributed by atoms with Crippen LogP contribution in [0.3, 0.4) is 0 Å². The number of carbonyl (C=O) groups excluding carboxylic acids is 3. The highest BCUT2D eigenvalue weighted by Gasteiger charge is 2.47. The van der Waals surface area contributed by atoms with Gasteiger partial charge in [-0.3, -0.25) is 23.9 Å². The summed E-state index contributed by atoms with van der Waals surface area (Å²) in [6, 6.07) is 3.74. The number of amides is 3. The Morgan fingerprint density at radius 3 is 2.52 bits per heavy atom. The van der Waals surface area contributed by atoms with E-state index in [-0.39, 0.29) is 42.5 Å². The smallest absolute Gasteiger partial charge is 0.233 e. The molecule has 1 N–H and O–H groups in total. The van der Waals surface area contributed by atoms with Gasteiger partial charge in [-0.15, -0.1) is 0 Å². The molecule has 2 aliphatic rings. The van der Waals surface area contributed by atoms with E-state index >= 15 is 0 Å². The van der Waals surface area contributed by atoms with Crippen molar-refractivity contribution in [3.63, 3.8) is 0 Å². The van der Waals surface area contributed by atoms with Crippen LogP contribution in [0.1, 0.15) is 43.5 Å². The number of imide groups is 1. The molecule has 8 heteroatoms. The number of rotatable bonds is 6. The predicted octanol–water partition coefficient (Wildman–Crippen LogP) is 1.76. The Morgan fingerprint density at radius 1 is 1.14 bits per heavy atom. The van der Waals surface area contributed by atoms with Crippen molar-refractivity contribution in [3.05, 3.63) is 42.1 Å². The van der Waals surface area contributed by atoms with Crippen LogP contribution in [0.4, 0.5) is 0 Å². The molecule has 0 bridgehead atoms. The number of aromatic nitrogens is 3. The monoisotopic (exact) mass is 395 g/mol. The van der Waals surface area contributed by atoms with E-state index in [1.54, 1.807) is 12.4 Å². The van der Waals surface area contributed by atoms with E-state index in [1.165, 1.54) is 4.90 Å². The lowest BCUT2D eigenvalue weighted by Crippen LogP contribution is -2.35. The summed E-state index contributed by atoms with van der Waals surface area (Å²) < 4.78 is 1.87. The molecule has 1 saturated carbocycles. The van der Waals surface area contributed by atoms with Crippen LogP contribution < -0.4 is 5.32 Å². The van der Waals surface area contributed by atoms with Crippen molar-refractivity contribution in [2.45, 2.75) is 45.6 Å². The first-order chi connectivity index (χ1) is 14.0. The maximum Gasteiger partial charge on any atom is 0.233 e. The lowest BCUT2D eigenvalue weighted by atomic mass is 9.81. The number of pyridine rings is 1. The highest BCUT2D eigenvalue weighted by atomic mass is 16.2. The average Bonchev–Trinajstić information content (AvgIpc) is 3.27. The quantitative estimate of drug-likeness (QED) is 0.752. The molecule has 1 aliphatic heterocycles. The summed E-state index contributed by atoms with van der Waals surface area (Å²) in [6.45, 7) is 2.41. The summed E-state index contributed by atoms with van der Waals surface area (Å²) >= 11 is 0. The summed E-state index contributed by atoms with van der Waals surface area (Å²) in [4.78, 5) is 47.1. The molecule has 1 aliphatic carbocycles. The fourth-order valence-electron chi connectivity index (χ4n) is 4.28. The molecule has 0 radical (unpaired) electrons. The van der Waals surface area contributed by atoms with E-state index in [4.69, 9.17) is 0 Å². The number of nitrogens with zero attached hydrogens (tertiary/aromatic N) is 4. The largest absolute Gasteiger partial charge is 0.352 e. The summed E-state index contributed by atoms with van der Waals surface area (Å²) in [7, 11) is 0. The fraction of sp³-hybridized carbons (Fsp3) is 0.476. The topological polar surface area (TPSA) is 97.2 Å². The highest BCUT2D eigenvalue weighted by Crippen LogP contribution is 2.37. The molecule has 3 amide bonds. The molecule has 0 spiro atoms. The third-order valence-corrected chi connectivity index (χ3v) is 5.87. The first kappa shape index (κ1) is 19.3. The SMILES string of the molecule is Cc1nccn1-c1cc(CNC(=O)CCN2C(=O)[C@H]3CCCC[C@H]3C2=O)ccn1. The van der Waals surface area contributed by atoms with Gasteiger partial charge in [0.25, 0.3) is 0 Å². The lowest BCUT2D eigenvalue weighted by Gasteiger charge is -2.19. The minimum absolute atomic E-state index is 0.0954. The second-order valence-electron chi connectivity index (χ2n) is 7.72. The maximum atomic E-state index is 12.5. The van der Waals surface area contributed by atoms with E-state index < -0.39 is 0 Å². The Kier molecular flexibility index (Phi) is 5.42. The summed E-state index contributed by atoms with van der Waals surface area (Å²) in [6.07, 6.45) is 8.94. The van der Waals surface area contributed by atoms with E-state index in [9.17, 15) is 14.4 Å². The molecule has 2 fully saturated rings. The summed E-state index contributed by atoms with van der Waals surface area (Å²) in [5, 5.41) is 2.86. The number of imidazole rings is 1. The highest BCUT2D eigenvalue weighted by molar-refractivity contribution is 6.05. The molecule has 2 aromatic rings. The van der Waals surface area contributed by atoms with E-state index in [1.807, 2.05) is 29.8 Å². The van der Waals surface area contributed by atoms with Crippen molar-refractivity contribution in [3.8, 4) is 5.82 Å². The average molecular weight is 395 g/mol. The first-order valence-corrected chi connectivity index (χ1v) is 10.1. The summed E-state index contributed by atoms with van der Waals surface area (Å²) in [5.74, 6) is 0.866. The van der Waals surface area contributed by atoms with Crippen LogP contribution in [-0.4, -0.2) is 43.7 Å². The van der Waals surface area contributed by atoms with Crippen LogP contribution in [0.2, 0.25) is 0 Å². The molecular formula is C21H25N5O3. The number of aryl methyl sites for hydroxylation is 1. The normalized spacial score (nSPS) is 21.3. The van der Waals surface area contributed by atoms with Crippen LogP contribution in [0.25, 0.3) is 5.82 Å². The van der Waals surface area contributed by atoms with E-state index in [2.05, 4.69) is 15.3 Å². The van der Waals surface area contributed by atoms with Gasteiger partial charge in [-0.05, 0) is 37.5 Å². The van der Waals surface area contributed by atoms with Crippen LogP contribution in [-0.2, 0) is 20.9 Å². The zero-order valence-corrected chi connectivity index (χ0v) is 16.5. The van der Waals surface area contributed by atoms with Gasteiger partial charge in [-0.25, -0.2) is 9.97 Å². The second kappa shape index (κ2) is 8.14. The zero-order chi connectivity index (χ0) is 20.4. The minimum Gasteiger partial charge on any atom is -0.352 e. The zero-order valence-electron chi connectivity index (χ0n) is 16.5. The van der Waals surface area contributed by atoms with Crippen molar-refractivity contribution in [1.82, 2.24) is 24.8 Å². The van der Waals surface area contributed by atoms with Gasteiger partial charge in [0.15, 0.2) is 0 Å². The Balaban J connectivity index is 1.30. The van der Waals surface area contributed by atoms with Crippen LogP contribution in [0, 0.1) is 18.8 Å². The minimum atomic E-state index is -0.183. The number of fused-ring (bicyclic) bond motifs is 1. The molecule has 29 heavy (non-hydrogen) atoms. The number of likely N-dealkylation sites (tertiary alicyclic amines) is 1. The van der Waals surface area contributed by atoms with Crippen molar-refractivity contribution in [2.24, 2.45) is 11.8 Å². The van der Waals surface area contributed by atoms with Gasteiger partial charge in [-0.1, -0.05) is 12.8 Å². The van der Waals surface area contributed by atoms with Gasteiger partial charge in [0.1, 0.15) is 11.6 Å². The number of hydrogen-bond donors (Lipinski definition) is 1. The molecule has 2 atom stereocenters. The number of hydrogen-bond acceptors (Lipinski definition) is 5. The standard InChI is InChI=1S/C21H25N5O3/c1-14-22-9-11-25(14)18-12-15(6-8-23-18)13-24-19(27)7-10-26-20(28)16-4-2-3-5-17(16)21(26)29/h6,8-9,11-12,16-17H,2-5,7,10,13H2,1H3,(H,24,27)/t16-,17+. The Hall–Kier alpha value is -3.03.